The van der Waals surface area contributed by atoms with Gasteiger partial charge in [-0.2, -0.15) is 0 Å². The Morgan fingerprint density at radius 1 is 0.944 bits per heavy atom. The van der Waals surface area contributed by atoms with E-state index in [4.69, 9.17) is 4.74 Å². The first-order valence-corrected chi connectivity index (χ1v) is 5.88. The third-order valence-electron chi connectivity index (χ3n) is 3.06. The average Bonchev–Trinajstić information content (AvgIpc) is 2.38. The molecule has 2 heteroatoms. The van der Waals surface area contributed by atoms with Crippen molar-refractivity contribution >= 4 is 5.78 Å². The molecule has 0 aliphatic rings. The normalized spacial score (nSPS) is 10.2. The standard InChI is InChI=1S/C16H16O2/c1-11-5-4-6-12(2)15(11)16(17)13-7-9-14(18-3)10-8-13/h4-10H,1-3H3. The zero-order valence-corrected chi connectivity index (χ0v) is 10.9. The number of methoxy groups -OCH3 is 1. The third-order valence-corrected chi connectivity index (χ3v) is 3.06. The number of aryl methyl sites for hydroxylation is 2. The lowest BCUT2D eigenvalue weighted by Gasteiger charge is -2.09. The summed E-state index contributed by atoms with van der Waals surface area (Å²) in [5.41, 5.74) is 3.50. The molecule has 18 heavy (non-hydrogen) atoms. The molecule has 0 unspecified atom stereocenters. The van der Waals surface area contributed by atoms with Crippen LogP contribution in [-0.2, 0) is 0 Å². The van der Waals surface area contributed by atoms with E-state index < -0.39 is 0 Å². The molecule has 0 atom stereocenters. The summed E-state index contributed by atoms with van der Waals surface area (Å²) in [6.45, 7) is 3.92. The lowest BCUT2D eigenvalue weighted by molar-refractivity contribution is 0.103. The Kier molecular flexibility index (Phi) is 3.47. The fraction of sp³-hybridized carbons (Fsp3) is 0.188. The summed E-state index contributed by atoms with van der Waals surface area (Å²) in [4.78, 5) is 12.4. The molecule has 0 spiro atoms. The number of ketones is 1. The van der Waals surface area contributed by atoms with Crippen LogP contribution in [0.5, 0.6) is 5.75 Å². The van der Waals surface area contributed by atoms with Crippen LogP contribution in [0.1, 0.15) is 27.0 Å². The molecule has 0 heterocycles. The van der Waals surface area contributed by atoms with E-state index in [9.17, 15) is 4.79 Å². The molecule has 0 radical (unpaired) electrons. The van der Waals surface area contributed by atoms with Gasteiger partial charge in [0, 0.05) is 11.1 Å². The Morgan fingerprint density at radius 3 is 2.00 bits per heavy atom. The zero-order valence-electron chi connectivity index (χ0n) is 10.9. The second-order valence-corrected chi connectivity index (χ2v) is 4.32. The molecular weight excluding hydrogens is 224 g/mol. The Labute approximate surface area is 107 Å². The minimum Gasteiger partial charge on any atom is -0.497 e. The molecule has 0 N–H and O–H groups in total. The van der Waals surface area contributed by atoms with E-state index in [0.29, 0.717) is 5.56 Å². The van der Waals surface area contributed by atoms with Gasteiger partial charge in [-0.1, -0.05) is 18.2 Å². The van der Waals surface area contributed by atoms with Gasteiger partial charge in [0.2, 0.25) is 0 Å². The highest BCUT2D eigenvalue weighted by molar-refractivity contribution is 6.10. The van der Waals surface area contributed by atoms with Crippen LogP contribution in [0.15, 0.2) is 42.5 Å². The summed E-state index contributed by atoms with van der Waals surface area (Å²) >= 11 is 0. The molecule has 0 fully saturated rings. The molecule has 0 saturated carbocycles. The lowest BCUT2D eigenvalue weighted by atomic mass is 9.95. The number of hydrogen-bond acceptors (Lipinski definition) is 2. The van der Waals surface area contributed by atoms with Crippen LogP contribution in [0.25, 0.3) is 0 Å². The van der Waals surface area contributed by atoms with E-state index in [1.54, 1.807) is 31.4 Å². The maximum Gasteiger partial charge on any atom is 0.193 e. The van der Waals surface area contributed by atoms with Crippen LogP contribution in [0.2, 0.25) is 0 Å². The van der Waals surface area contributed by atoms with Crippen molar-refractivity contribution in [1.82, 2.24) is 0 Å². The fourth-order valence-electron chi connectivity index (χ4n) is 2.06. The van der Waals surface area contributed by atoms with Gasteiger partial charge in [-0.15, -0.1) is 0 Å². The van der Waals surface area contributed by atoms with Gasteiger partial charge in [0.25, 0.3) is 0 Å². The summed E-state index contributed by atoms with van der Waals surface area (Å²) < 4.78 is 5.09. The smallest absolute Gasteiger partial charge is 0.193 e. The van der Waals surface area contributed by atoms with Crippen LogP contribution in [0, 0.1) is 13.8 Å². The van der Waals surface area contributed by atoms with E-state index in [1.165, 1.54) is 0 Å². The van der Waals surface area contributed by atoms with Gasteiger partial charge < -0.3 is 4.74 Å². The first-order chi connectivity index (χ1) is 8.63. The summed E-state index contributed by atoms with van der Waals surface area (Å²) in [5, 5.41) is 0. The van der Waals surface area contributed by atoms with E-state index in [-0.39, 0.29) is 5.78 Å². The van der Waals surface area contributed by atoms with Crippen molar-refractivity contribution in [3.63, 3.8) is 0 Å². The van der Waals surface area contributed by atoms with Crippen molar-refractivity contribution < 1.29 is 9.53 Å². The van der Waals surface area contributed by atoms with Gasteiger partial charge in [-0.3, -0.25) is 4.79 Å². The minimum atomic E-state index is 0.0632. The quantitative estimate of drug-likeness (QED) is 0.767. The van der Waals surface area contributed by atoms with Gasteiger partial charge in [0.05, 0.1) is 7.11 Å². The number of rotatable bonds is 3. The first kappa shape index (κ1) is 12.4. The molecule has 92 valence electrons. The van der Waals surface area contributed by atoms with Gasteiger partial charge in [0.15, 0.2) is 5.78 Å². The third kappa shape index (κ3) is 2.28. The molecule has 0 aromatic heterocycles. The van der Waals surface area contributed by atoms with E-state index in [2.05, 4.69) is 0 Å². The van der Waals surface area contributed by atoms with Gasteiger partial charge in [0.1, 0.15) is 5.75 Å². The fourth-order valence-corrected chi connectivity index (χ4v) is 2.06. The van der Waals surface area contributed by atoms with Crippen molar-refractivity contribution in [2.45, 2.75) is 13.8 Å². The van der Waals surface area contributed by atoms with Gasteiger partial charge in [-0.05, 0) is 49.2 Å². The van der Waals surface area contributed by atoms with Crippen molar-refractivity contribution in [3.05, 3.63) is 64.7 Å². The Bertz CT molecular complexity index is 548. The molecular formula is C16H16O2. The van der Waals surface area contributed by atoms with Crippen LogP contribution in [0.3, 0.4) is 0 Å². The van der Waals surface area contributed by atoms with Crippen molar-refractivity contribution in [2.24, 2.45) is 0 Å². The van der Waals surface area contributed by atoms with Gasteiger partial charge in [-0.25, -0.2) is 0 Å². The molecule has 0 aliphatic heterocycles. The maximum atomic E-state index is 12.4. The highest BCUT2D eigenvalue weighted by Crippen LogP contribution is 2.20. The zero-order chi connectivity index (χ0) is 13.1. The predicted octanol–water partition coefficient (Wildman–Crippen LogP) is 3.54. The van der Waals surface area contributed by atoms with E-state index in [1.807, 2.05) is 32.0 Å². The molecule has 0 amide bonds. The van der Waals surface area contributed by atoms with E-state index >= 15 is 0 Å². The topological polar surface area (TPSA) is 26.3 Å². The highest BCUT2D eigenvalue weighted by atomic mass is 16.5. The number of benzene rings is 2. The van der Waals surface area contributed by atoms with Crippen LogP contribution in [0.4, 0.5) is 0 Å². The number of ether oxygens (including phenoxy) is 1. The molecule has 2 nitrogen and oxygen atoms in total. The summed E-state index contributed by atoms with van der Waals surface area (Å²) in [5.74, 6) is 0.821. The Hall–Kier alpha value is -2.09. The molecule has 0 bridgehead atoms. The predicted molar refractivity (Wildman–Crippen MR) is 72.3 cm³/mol. The second kappa shape index (κ2) is 5.05. The lowest BCUT2D eigenvalue weighted by Crippen LogP contribution is -2.06. The van der Waals surface area contributed by atoms with Crippen molar-refractivity contribution in [3.8, 4) is 5.75 Å². The van der Waals surface area contributed by atoms with Crippen molar-refractivity contribution in [2.75, 3.05) is 7.11 Å². The summed E-state index contributed by atoms with van der Waals surface area (Å²) in [7, 11) is 1.61. The average molecular weight is 240 g/mol. The van der Waals surface area contributed by atoms with Crippen LogP contribution >= 0.6 is 0 Å². The summed E-state index contributed by atoms with van der Waals surface area (Å²) in [6.07, 6.45) is 0. The number of carbonyl (C=O) groups is 1. The summed E-state index contributed by atoms with van der Waals surface area (Å²) in [6, 6.07) is 13.1. The van der Waals surface area contributed by atoms with E-state index in [0.717, 1.165) is 22.4 Å². The molecule has 0 aliphatic carbocycles. The van der Waals surface area contributed by atoms with Gasteiger partial charge >= 0.3 is 0 Å². The minimum absolute atomic E-state index is 0.0632. The SMILES string of the molecule is COc1ccc(C(=O)c2c(C)cccc2C)cc1. The Morgan fingerprint density at radius 2 is 1.50 bits per heavy atom. The highest BCUT2D eigenvalue weighted by Gasteiger charge is 2.13. The Balaban J connectivity index is 2.41. The monoisotopic (exact) mass is 240 g/mol. The molecule has 2 aromatic carbocycles. The number of hydrogen-bond donors (Lipinski definition) is 0. The second-order valence-electron chi connectivity index (χ2n) is 4.32. The van der Waals surface area contributed by atoms with Crippen molar-refractivity contribution in [1.29, 1.82) is 0 Å². The van der Waals surface area contributed by atoms with Crippen LogP contribution < -0.4 is 4.74 Å². The maximum absolute atomic E-state index is 12.4. The molecule has 2 aromatic rings. The number of carbonyl (C=O) groups excluding carboxylic acids is 1. The molecule has 2 rings (SSSR count). The molecule has 0 saturated heterocycles. The first-order valence-electron chi connectivity index (χ1n) is 5.88. The van der Waals surface area contributed by atoms with Crippen LogP contribution in [-0.4, -0.2) is 12.9 Å². The largest absolute Gasteiger partial charge is 0.497 e.